The molecule has 1 rings (SSSR count). The minimum atomic E-state index is -0.565. The molecule has 0 aromatic rings. The number of ketones is 1. The van der Waals surface area contributed by atoms with E-state index in [-0.39, 0.29) is 5.78 Å². The van der Waals surface area contributed by atoms with Gasteiger partial charge in [-0.3, -0.25) is 14.5 Å². The number of hydrogen-bond acceptors (Lipinski definition) is 3. The van der Waals surface area contributed by atoms with E-state index in [1.54, 1.807) is 11.9 Å². The number of primary amides is 1. The van der Waals surface area contributed by atoms with Crippen molar-refractivity contribution in [3.63, 3.8) is 0 Å². The highest BCUT2D eigenvalue weighted by atomic mass is 16.2. The molecule has 1 fully saturated rings. The first-order valence-corrected chi connectivity index (χ1v) is 3.12. The predicted molar refractivity (Wildman–Crippen MR) is 35.2 cm³/mol. The monoisotopic (exact) mass is 142 g/mol. The highest BCUT2D eigenvalue weighted by Crippen LogP contribution is 2.08. The van der Waals surface area contributed by atoms with Gasteiger partial charge in [-0.1, -0.05) is 0 Å². The first-order valence-electron chi connectivity index (χ1n) is 3.12. The van der Waals surface area contributed by atoms with E-state index < -0.39 is 11.8 Å². The van der Waals surface area contributed by atoms with E-state index >= 15 is 0 Å². The second kappa shape index (κ2) is 2.38. The van der Waals surface area contributed by atoms with Crippen LogP contribution in [0.4, 0.5) is 0 Å². The molecule has 10 heavy (non-hydrogen) atoms. The van der Waals surface area contributed by atoms with Crippen LogP contribution in [-0.2, 0) is 9.59 Å². The van der Waals surface area contributed by atoms with Gasteiger partial charge in [0.2, 0.25) is 5.91 Å². The summed E-state index contributed by atoms with van der Waals surface area (Å²) in [6.45, 7) is 0.835. The lowest BCUT2D eigenvalue weighted by Gasteiger charge is -2.03. The van der Waals surface area contributed by atoms with Crippen LogP contribution in [0.5, 0.6) is 0 Å². The van der Waals surface area contributed by atoms with Gasteiger partial charge in [-0.05, 0) is 7.05 Å². The molecular formula is C6H10N2O2. The van der Waals surface area contributed by atoms with Crippen molar-refractivity contribution in [3.05, 3.63) is 0 Å². The lowest BCUT2D eigenvalue weighted by atomic mass is 10.1. The average molecular weight is 142 g/mol. The standard InChI is InChI=1S/C6H10N2O2/c1-8-2-4(6(7)10)5(9)3-8/h4H,2-3H2,1H3,(H2,7,10). The average Bonchev–Trinajstić information content (AvgIpc) is 2.10. The second-order valence-electron chi connectivity index (χ2n) is 2.62. The Kier molecular flexibility index (Phi) is 1.72. The summed E-state index contributed by atoms with van der Waals surface area (Å²) in [7, 11) is 1.79. The third kappa shape index (κ3) is 1.16. The Morgan fingerprint density at radius 2 is 2.40 bits per heavy atom. The van der Waals surface area contributed by atoms with Crippen molar-refractivity contribution in [1.29, 1.82) is 0 Å². The van der Waals surface area contributed by atoms with E-state index in [4.69, 9.17) is 5.73 Å². The fourth-order valence-electron chi connectivity index (χ4n) is 1.10. The number of nitrogens with zero attached hydrogens (tertiary/aromatic N) is 1. The minimum absolute atomic E-state index is 0.0602. The molecule has 0 aromatic carbocycles. The number of likely N-dealkylation sites (tertiary alicyclic amines) is 1. The summed E-state index contributed by atoms with van der Waals surface area (Å²) in [6.07, 6.45) is 0. The highest BCUT2D eigenvalue weighted by molar-refractivity contribution is 6.03. The number of nitrogens with two attached hydrogens (primary N) is 1. The van der Waals surface area contributed by atoms with E-state index in [2.05, 4.69) is 0 Å². The predicted octanol–water partition coefficient (Wildman–Crippen LogP) is -1.40. The molecule has 56 valence electrons. The van der Waals surface area contributed by atoms with Crippen LogP contribution < -0.4 is 5.73 Å². The molecule has 1 aliphatic heterocycles. The summed E-state index contributed by atoms with van der Waals surface area (Å²) < 4.78 is 0. The zero-order chi connectivity index (χ0) is 7.72. The van der Waals surface area contributed by atoms with Gasteiger partial charge in [-0.25, -0.2) is 0 Å². The smallest absolute Gasteiger partial charge is 0.229 e. The van der Waals surface area contributed by atoms with Crippen molar-refractivity contribution < 1.29 is 9.59 Å². The highest BCUT2D eigenvalue weighted by Gasteiger charge is 2.32. The number of rotatable bonds is 1. The van der Waals surface area contributed by atoms with Gasteiger partial charge in [-0.2, -0.15) is 0 Å². The zero-order valence-corrected chi connectivity index (χ0v) is 5.83. The molecule has 1 unspecified atom stereocenters. The van der Waals surface area contributed by atoms with Gasteiger partial charge in [0.15, 0.2) is 5.78 Å². The summed E-state index contributed by atoms with van der Waals surface area (Å²) in [5.41, 5.74) is 4.96. The van der Waals surface area contributed by atoms with Crippen molar-refractivity contribution in [1.82, 2.24) is 4.90 Å². The summed E-state index contributed by atoms with van der Waals surface area (Å²) in [6, 6.07) is 0. The quantitative estimate of drug-likeness (QED) is 0.458. The van der Waals surface area contributed by atoms with Gasteiger partial charge in [0.25, 0.3) is 0 Å². The second-order valence-corrected chi connectivity index (χ2v) is 2.62. The molecule has 0 bridgehead atoms. The number of carbonyl (C=O) groups is 2. The molecule has 4 heteroatoms. The molecule has 1 heterocycles. The van der Waals surface area contributed by atoms with E-state index in [0.29, 0.717) is 13.1 Å². The molecule has 0 radical (unpaired) electrons. The van der Waals surface area contributed by atoms with E-state index in [1.807, 2.05) is 0 Å². The maximum Gasteiger partial charge on any atom is 0.229 e. The molecule has 1 atom stereocenters. The number of amides is 1. The fraction of sp³-hybridized carbons (Fsp3) is 0.667. The van der Waals surface area contributed by atoms with Crippen LogP contribution in [0.15, 0.2) is 0 Å². The first kappa shape index (κ1) is 7.21. The van der Waals surface area contributed by atoms with E-state index in [1.165, 1.54) is 0 Å². The first-order chi connectivity index (χ1) is 4.61. The molecule has 0 aromatic heterocycles. The molecule has 1 saturated heterocycles. The van der Waals surface area contributed by atoms with Crippen molar-refractivity contribution >= 4 is 11.7 Å². The Labute approximate surface area is 59.0 Å². The van der Waals surface area contributed by atoms with Crippen LogP contribution in [0.3, 0.4) is 0 Å². The van der Waals surface area contributed by atoms with E-state index in [0.717, 1.165) is 0 Å². The van der Waals surface area contributed by atoms with Gasteiger partial charge in [0, 0.05) is 6.54 Å². The largest absolute Gasteiger partial charge is 0.369 e. The number of carbonyl (C=O) groups excluding carboxylic acids is 2. The summed E-state index contributed by atoms with van der Waals surface area (Å²) >= 11 is 0. The van der Waals surface area contributed by atoms with Crippen molar-refractivity contribution in [2.45, 2.75) is 0 Å². The van der Waals surface area contributed by atoms with Crippen LogP contribution >= 0.6 is 0 Å². The van der Waals surface area contributed by atoms with Gasteiger partial charge in [0.05, 0.1) is 6.54 Å². The Bertz CT molecular complexity index is 179. The SMILES string of the molecule is CN1CC(=O)C(C(N)=O)C1. The number of likely N-dealkylation sites (N-methyl/N-ethyl adjacent to an activating group) is 1. The Hall–Kier alpha value is -0.900. The fourth-order valence-corrected chi connectivity index (χ4v) is 1.10. The van der Waals surface area contributed by atoms with Crippen LogP contribution in [0, 0.1) is 5.92 Å². The van der Waals surface area contributed by atoms with Crippen LogP contribution in [0.1, 0.15) is 0 Å². The van der Waals surface area contributed by atoms with Crippen molar-refractivity contribution in [3.8, 4) is 0 Å². The van der Waals surface area contributed by atoms with Crippen molar-refractivity contribution in [2.24, 2.45) is 11.7 Å². The molecule has 4 nitrogen and oxygen atoms in total. The van der Waals surface area contributed by atoms with Gasteiger partial charge >= 0.3 is 0 Å². The maximum absolute atomic E-state index is 10.9. The van der Waals surface area contributed by atoms with Crippen LogP contribution in [0.2, 0.25) is 0 Å². The molecule has 1 aliphatic rings. The van der Waals surface area contributed by atoms with Crippen LogP contribution in [0.25, 0.3) is 0 Å². The lowest BCUT2D eigenvalue weighted by Crippen LogP contribution is -2.29. The molecule has 0 aliphatic carbocycles. The van der Waals surface area contributed by atoms with Gasteiger partial charge < -0.3 is 5.73 Å². The summed E-state index contributed by atoms with van der Waals surface area (Å²) in [4.78, 5) is 23.2. The maximum atomic E-state index is 10.9. The normalized spacial score (nSPS) is 27.3. The Morgan fingerprint density at radius 3 is 2.60 bits per heavy atom. The topological polar surface area (TPSA) is 63.4 Å². The third-order valence-electron chi connectivity index (χ3n) is 1.65. The Morgan fingerprint density at radius 1 is 1.80 bits per heavy atom. The van der Waals surface area contributed by atoms with Gasteiger partial charge in [0.1, 0.15) is 5.92 Å². The lowest BCUT2D eigenvalue weighted by molar-refractivity contribution is -0.129. The third-order valence-corrected chi connectivity index (χ3v) is 1.65. The molecule has 2 N–H and O–H groups in total. The molecule has 1 amide bonds. The zero-order valence-electron chi connectivity index (χ0n) is 5.83. The van der Waals surface area contributed by atoms with E-state index in [9.17, 15) is 9.59 Å². The van der Waals surface area contributed by atoms with Gasteiger partial charge in [-0.15, -0.1) is 0 Å². The summed E-state index contributed by atoms with van der Waals surface area (Å²) in [5.74, 6) is -1.13. The molecular weight excluding hydrogens is 132 g/mol. The summed E-state index contributed by atoms with van der Waals surface area (Å²) in [5, 5.41) is 0. The minimum Gasteiger partial charge on any atom is -0.369 e. The van der Waals surface area contributed by atoms with Crippen molar-refractivity contribution in [2.75, 3.05) is 20.1 Å². The number of hydrogen-bond donors (Lipinski definition) is 1. The van der Waals surface area contributed by atoms with Crippen LogP contribution in [-0.4, -0.2) is 36.7 Å². The molecule has 0 saturated carbocycles. The number of Topliss-reactive ketones (excluding diaryl/α,β-unsaturated/α-hetero) is 1. The molecule has 0 spiro atoms. The Balaban J connectivity index is 2.63.